The van der Waals surface area contributed by atoms with Gasteiger partial charge in [-0.2, -0.15) is 0 Å². The van der Waals surface area contributed by atoms with Gasteiger partial charge in [0.05, 0.1) is 19.8 Å². The molecular weight excluding hydrogens is 597 g/mol. The molecule has 0 spiro atoms. The van der Waals surface area contributed by atoms with Crippen LogP contribution in [0.2, 0.25) is 0 Å². The van der Waals surface area contributed by atoms with Crippen molar-refractivity contribution in [3.63, 3.8) is 0 Å². The van der Waals surface area contributed by atoms with Crippen molar-refractivity contribution in [2.75, 3.05) is 26.4 Å². The molecule has 2 N–H and O–H groups in total. The van der Waals surface area contributed by atoms with Gasteiger partial charge < -0.3 is 29.1 Å². The molecule has 46 heavy (non-hydrogen) atoms. The highest BCUT2D eigenvalue weighted by molar-refractivity contribution is 7.45. The van der Waals surface area contributed by atoms with Gasteiger partial charge in [-0.15, -0.1) is 0 Å². The molecular formula is C38H77NO6P-. The van der Waals surface area contributed by atoms with Gasteiger partial charge in [0.1, 0.15) is 6.10 Å². The Kier molecular flexibility index (Phi) is 29.7. The van der Waals surface area contributed by atoms with E-state index in [1.165, 1.54) is 167 Å². The van der Waals surface area contributed by atoms with E-state index in [0.717, 1.165) is 25.7 Å². The van der Waals surface area contributed by atoms with E-state index in [0.29, 0.717) is 6.61 Å². The fourth-order valence-electron chi connectivity index (χ4n) is 6.64. The van der Waals surface area contributed by atoms with Crippen molar-refractivity contribution in [1.82, 2.24) is 0 Å². The zero-order valence-corrected chi connectivity index (χ0v) is 31.5. The standard InChI is InChI=1S/C38H78NO6P/c1-3-5-7-9-11-13-15-17-19-21-23-25-27-29-31-38(42-35-37(45-38)36-44-46(40,41)43-34-33-39)32-30-28-26-24-22-20-18-16-14-12-10-8-6-4-2/h37H,3-36,39H2,1-2H3,(H,40,41)/p-1. The van der Waals surface area contributed by atoms with Crippen molar-refractivity contribution in [1.29, 1.82) is 0 Å². The predicted molar refractivity (Wildman–Crippen MR) is 192 cm³/mol. The number of rotatable bonds is 36. The molecule has 2 unspecified atom stereocenters. The first kappa shape index (κ1) is 44.0. The third-order valence-corrected chi connectivity index (χ3v) is 10.5. The molecule has 2 atom stereocenters. The quantitative estimate of drug-likeness (QED) is 0.0521. The molecule has 1 heterocycles. The van der Waals surface area contributed by atoms with Gasteiger partial charge in [0.2, 0.25) is 0 Å². The van der Waals surface area contributed by atoms with Crippen LogP contribution in [-0.2, 0) is 23.1 Å². The Morgan fingerprint density at radius 1 is 0.609 bits per heavy atom. The highest BCUT2D eigenvalue weighted by atomic mass is 31.2. The van der Waals surface area contributed by atoms with Crippen molar-refractivity contribution in [2.24, 2.45) is 5.73 Å². The van der Waals surface area contributed by atoms with E-state index in [2.05, 4.69) is 13.8 Å². The third-order valence-electron chi connectivity index (χ3n) is 9.52. The predicted octanol–water partition coefficient (Wildman–Crippen LogP) is 11.3. The van der Waals surface area contributed by atoms with Gasteiger partial charge in [-0.05, 0) is 12.8 Å². The monoisotopic (exact) mass is 675 g/mol. The molecule has 7 nitrogen and oxygen atoms in total. The number of unbranched alkanes of at least 4 members (excludes halogenated alkanes) is 26. The van der Waals surface area contributed by atoms with Gasteiger partial charge in [-0.1, -0.05) is 181 Å². The Morgan fingerprint density at radius 2 is 0.957 bits per heavy atom. The zero-order valence-electron chi connectivity index (χ0n) is 30.6. The summed E-state index contributed by atoms with van der Waals surface area (Å²) in [6.07, 6.45) is 38.7. The summed E-state index contributed by atoms with van der Waals surface area (Å²) in [6.45, 7) is 4.88. The lowest BCUT2D eigenvalue weighted by Gasteiger charge is -2.29. The Morgan fingerprint density at radius 3 is 1.30 bits per heavy atom. The van der Waals surface area contributed by atoms with Gasteiger partial charge in [0.15, 0.2) is 5.79 Å². The number of ether oxygens (including phenoxy) is 2. The van der Waals surface area contributed by atoms with Crippen LogP contribution in [0, 0.1) is 0 Å². The summed E-state index contributed by atoms with van der Waals surface area (Å²) in [5, 5.41) is 0. The Balaban J connectivity index is 2.26. The van der Waals surface area contributed by atoms with Crippen LogP contribution >= 0.6 is 7.82 Å². The Hall–Kier alpha value is -0.0100. The minimum atomic E-state index is -4.37. The SMILES string of the molecule is CCCCCCCCCCCCCCCCC1(CCCCCCCCCCCCCCCC)OCC(COP(=O)([O-])OCCN)O1. The second-order valence-corrected chi connectivity index (χ2v) is 15.4. The van der Waals surface area contributed by atoms with Crippen molar-refractivity contribution in [3.05, 3.63) is 0 Å². The van der Waals surface area contributed by atoms with Crippen LogP contribution in [0.15, 0.2) is 0 Å². The molecule has 276 valence electrons. The van der Waals surface area contributed by atoms with Gasteiger partial charge in [0, 0.05) is 19.4 Å². The molecule has 1 aliphatic heterocycles. The van der Waals surface area contributed by atoms with Gasteiger partial charge in [-0.25, -0.2) is 0 Å². The molecule has 8 heteroatoms. The number of phosphoric acid groups is 1. The maximum absolute atomic E-state index is 12.0. The topological polar surface area (TPSA) is 103 Å². The summed E-state index contributed by atoms with van der Waals surface area (Å²) in [5.41, 5.74) is 5.36. The summed E-state index contributed by atoms with van der Waals surface area (Å²) >= 11 is 0. The van der Waals surface area contributed by atoms with Crippen molar-refractivity contribution in [2.45, 2.75) is 218 Å². The highest BCUT2D eigenvalue weighted by Gasteiger charge is 2.41. The molecule has 0 aromatic rings. The summed E-state index contributed by atoms with van der Waals surface area (Å²) in [6, 6.07) is 0. The average Bonchev–Trinajstić information content (AvgIpc) is 3.46. The Labute approximate surface area is 285 Å². The number of phosphoric ester groups is 1. The zero-order chi connectivity index (χ0) is 33.4. The smallest absolute Gasteiger partial charge is 0.268 e. The largest absolute Gasteiger partial charge is 0.756 e. The van der Waals surface area contributed by atoms with E-state index in [9.17, 15) is 9.46 Å². The molecule has 0 aliphatic carbocycles. The van der Waals surface area contributed by atoms with Crippen LogP contribution in [-0.4, -0.2) is 38.3 Å². The summed E-state index contributed by atoms with van der Waals surface area (Å²) in [5.74, 6) is -0.618. The van der Waals surface area contributed by atoms with Gasteiger partial charge in [0.25, 0.3) is 7.82 Å². The fraction of sp³-hybridized carbons (Fsp3) is 1.00. The molecule has 0 saturated carbocycles. The minimum Gasteiger partial charge on any atom is -0.756 e. The molecule has 0 aromatic carbocycles. The number of hydrogen-bond acceptors (Lipinski definition) is 7. The van der Waals surface area contributed by atoms with Gasteiger partial charge >= 0.3 is 0 Å². The highest BCUT2D eigenvalue weighted by Crippen LogP contribution is 2.40. The molecule has 0 amide bonds. The number of nitrogens with two attached hydrogens (primary N) is 1. The van der Waals surface area contributed by atoms with Crippen molar-refractivity contribution >= 4 is 7.82 Å². The molecule has 0 bridgehead atoms. The van der Waals surface area contributed by atoms with Crippen LogP contribution in [0.1, 0.15) is 206 Å². The molecule has 0 radical (unpaired) electrons. The van der Waals surface area contributed by atoms with Crippen LogP contribution in [0.4, 0.5) is 0 Å². The molecule has 1 saturated heterocycles. The van der Waals surface area contributed by atoms with E-state index in [1.54, 1.807) is 0 Å². The summed E-state index contributed by atoms with van der Waals surface area (Å²) in [7, 11) is -4.37. The second-order valence-electron chi connectivity index (χ2n) is 14.0. The third kappa shape index (κ3) is 25.9. The van der Waals surface area contributed by atoms with Crippen molar-refractivity contribution in [3.8, 4) is 0 Å². The van der Waals surface area contributed by atoms with Crippen molar-refractivity contribution < 1.29 is 28.0 Å². The molecule has 1 rings (SSSR count). The first-order chi connectivity index (χ1) is 22.5. The first-order valence-electron chi connectivity index (χ1n) is 20.1. The molecule has 0 aromatic heterocycles. The van der Waals surface area contributed by atoms with E-state index in [4.69, 9.17) is 24.3 Å². The van der Waals surface area contributed by atoms with Gasteiger partial charge in [-0.3, -0.25) is 4.57 Å². The molecule has 1 aliphatic rings. The number of hydrogen-bond donors (Lipinski definition) is 1. The van der Waals surface area contributed by atoms with E-state index < -0.39 is 19.7 Å². The fourth-order valence-corrected chi connectivity index (χ4v) is 7.39. The van der Waals surface area contributed by atoms with Crippen LogP contribution in [0.25, 0.3) is 0 Å². The molecule has 1 fully saturated rings. The lowest BCUT2D eigenvalue weighted by Crippen LogP contribution is -2.32. The second kappa shape index (κ2) is 31.0. The maximum atomic E-state index is 12.0. The minimum absolute atomic E-state index is 0.0784. The van der Waals surface area contributed by atoms with Crippen LogP contribution in [0.3, 0.4) is 0 Å². The van der Waals surface area contributed by atoms with E-state index >= 15 is 0 Å². The summed E-state index contributed by atoms with van der Waals surface area (Å²) in [4.78, 5) is 12.0. The lowest BCUT2D eigenvalue weighted by atomic mass is 9.98. The first-order valence-corrected chi connectivity index (χ1v) is 21.5. The van der Waals surface area contributed by atoms with E-state index in [1.807, 2.05) is 0 Å². The van der Waals surface area contributed by atoms with E-state index in [-0.39, 0.29) is 19.8 Å². The normalized spacial score (nSPS) is 17.5. The summed E-state index contributed by atoms with van der Waals surface area (Å²) < 4.78 is 34.5. The van der Waals surface area contributed by atoms with Crippen LogP contribution < -0.4 is 10.6 Å². The maximum Gasteiger partial charge on any atom is 0.268 e. The average molecular weight is 675 g/mol. The Bertz CT molecular complexity index is 664. The lowest BCUT2D eigenvalue weighted by molar-refractivity contribution is -0.229. The van der Waals surface area contributed by atoms with Crippen LogP contribution in [0.5, 0.6) is 0 Å².